The molecule has 0 fully saturated rings. The third kappa shape index (κ3) is 3.56. The lowest BCUT2D eigenvalue weighted by molar-refractivity contribution is 0.175. The first-order valence-corrected chi connectivity index (χ1v) is 8.38. The Labute approximate surface area is 147 Å². The maximum absolute atomic E-state index is 12.1. The summed E-state index contributed by atoms with van der Waals surface area (Å²) in [6.45, 7) is 2.01. The number of amides is 1. The molecule has 1 aliphatic heterocycles. The molecule has 5 heteroatoms. The highest BCUT2D eigenvalue weighted by Crippen LogP contribution is 2.37. The minimum absolute atomic E-state index is 0.0779. The average molecular weight is 338 g/mol. The quantitative estimate of drug-likeness (QED) is 0.860. The fraction of sp³-hybridized carbons (Fsp3) is 0.300. The zero-order valence-electron chi connectivity index (χ0n) is 14.4. The zero-order valence-corrected chi connectivity index (χ0v) is 14.4. The number of methoxy groups -OCH3 is 1. The van der Waals surface area contributed by atoms with Crippen molar-refractivity contribution in [3.63, 3.8) is 0 Å². The van der Waals surface area contributed by atoms with Gasteiger partial charge in [0.05, 0.1) is 18.5 Å². The van der Waals surface area contributed by atoms with Gasteiger partial charge < -0.3 is 9.84 Å². The predicted octanol–water partition coefficient (Wildman–Crippen LogP) is 4.03. The smallest absolute Gasteiger partial charge is 0.414 e. The molecule has 1 amide bonds. The van der Waals surface area contributed by atoms with Gasteiger partial charge in [-0.25, -0.2) is 4.79 Å². The Morgan fingerprint density at radius 3 is 2.76 bits per heavy atom. The largest absolute Gasteiger partial charge is 0.452 e. The molecule has 0 bridgehead atoms. The summed E-state index contributed by atoms with van der Waals surface area (Å²) in [5, 5.41) is 10.3. The normalized spacial score (nSPS) is 18.0. The molecule has 1 heterocycles. The van der Waals surface area contributed by atoms with Gasteiger partial charge in [-0.3, -0.25) is 9.89 Å². The molecule has 0 radical (unpaired) electrons. The summed E-state index contributed by atoms with van der Waals surface area (Å²) in [7, 11) is 1.39. The molecule has 3 rings (SSSR count). The van der Waals surface area contributed by atoms with E-state index in [9.17, 15) is 9.90 Å². The minimum Gasteiger partial charge on any atom is -0.452 e. The third-order valence-electron chi connectivity index (χ3n) is 4.51. The van der Waals surface area contributed by atoms with E-state index in [-0.39, 0.29) is 12.1 Å². The van der Waals surface area contributed by atoms with Crippen LogP contribution in [0.15, 0.2) is 53.5 Å². The van der Waals surface area contributed by atoms with E-state index in [1.165, 1.54) is 13.3 Å². The Bertz CT molecular complexity index is 774. The second kappa shape index (κ2) is 7.49. The van der Waals surface area contributed by atoms with Crippen molar-refractivity contribution in [1.82, 2.24) is 0 Å². The van der Waals surface area contributed by atoms with E-state index >= 15 is 0 Å². The number of fused-ring (bicyclic) bond motifs is 1. The summed E-state index contributed by atoms with van der Waals surface area (Å²) < 4.78 is 4.92. The van der Waals surface area contributed by atoms with Gasteiger partial charge in [-0.2, -0.15) is 0 Å². The number of aliphatic hydroxyl groups is 1. The number of nitrogens with zero attached hydrogens (tertiary/aromatic N) is 2. The lowest BCUT2D eigenvalue weighted by Gasteiger charge is -2.34. The molecule has 2 atom stereocenters. The molecule has 1 N–H and O–H groups in total. The van der Waals surface area contributed by atoms with E-state index in [1.807, 2.05) is 55.5 Å². The number of aliphatic hydroxyl groups excluding tert-OH is 1. The van der Waals surface area contributed by atoms with Crippen LogP contribution in [-0.4, -0.2) is 30.6 Å². The topological polar surface area (TPSA) is 62.1 Å². The van der Waals surface area contributed by atoms with Crippen molar-refractivity contribution >= 4 is 23.7 Å². The number of hydrogen-bond acceptors (Lipinski definition) is 4. The summed E-state index contributed by atoms with van der Waals surface area (Å²) >= 11 is 0. The molecule has 1 aliphatic rings. The molecule has 130 valence electrons. The van der Waals surface area contributed by atoms with Gasteiger partial charge in [-0.1, -0.05) is 36.4 Å². The lowest BCUT2D eigenvalue weighted by atomic mass is 9.95. The van der Waals surface area contributed by atoms with E-state index in [0.717, 1.165) is 35.3 Å². The molecule has 0 saturated carbocycles. The van der Waals surface area contributed by atoms with Crippen molar-refractivity contribution in [2.24, 2.45) is 4.99 Å². The van der Waals surface area contributed by atoms with Crippen LogP contribution in [0.5, 0.6) is 0 Å². The van der Waals surface area contributed by atoms with E-state index < -0.39 is 6.10 Å². The molecule has 2 aromatic rings. The van der Waals surface area contributed by atoms with E-state index in [1.54, 1.807) is 4.90 Å². The van der Waals surface area contributed by atoms with Crippen LogP contribution in [0.25, 0.3) is 0 Å². The first-order chi connectivity index (χ1) is 12.1. The number of anilines is 1. The molecule has 2 aromatic carbocycles. The highest BCUT2D eigenvalue weighted by molar-refractivity contribution is 5.91. The fourth-order valence-corrected chi connectivity index (χ4v) is 3.15. The van der Waals surface area contributed by atoms with Gasteiger partial charge in [-0.15, -0.1) is 0 Å². The van der Waals surface area contributed by atoms with Crippen LogP contribution in [-0.2, 0) is 11.2 Å². The Hall–Kier alpha value is -2.66. The first-order valence-electron chi connectivity index (χ1n) is 8.38. The molecular formula is C20H22N2O3. The molecule has 0 aliphatic carbocycles. The number of ether oxygens (including phenoxy) is 1. The Balaban J connectivity index is 1.90. The second-order valence-electron chi connectivity index (χ2n) is 6.14. The number of benzene rings is 2. The van der Waals surface area contributed by atoms with Crippen molar-refractivity contribution in [2.45, 2.75) is 31.9 Å². The third-order valence-corrected chi connectivity index (χ3v) is 4.51. The Kier molecular flexibility index (Phi) is 5.14. The number of carbonyl (C=O) groups excluding carboxylic acids is 1. The molecular weight excluding hydrogens is 316 g/mol. The summed E-state index contributed by atoms with van der Waals surface area (Å²) in [5.74, 6) is 0. The van der Waals surface area contributed by atoms with Gasteiger partial charge in [0.2, 0.25) is 0 Å². The predicted molar refractivity (Wildman–Crippen MR) is 98.7 cm³/mol. The number of hydrogen-bond donors (Lipinski definition) is 1. The van der Waals surface area contributed by atoms with Crippen LogP contribution >= 0.6 is 0 Å². The Morgan fingerprint density at radius 2 is 2.04 bits per heavy atom. The van der Waals surface area contributed by atoms with Gasteiger partial charge in [0.25, 0.3) is 0 Å². The SMILES string of the molecule is COC(=O)N1c2cccc(N=CC(O)c3ccccc3)c2CCC1C. The Morgan fingerprint density at radius 1 is 1.28 bits per heavy atom. The van der Waals surface area contributed by atoms with Crippen molar-refractivity contribution in [1.29, 1.82) is 0 Å². The van der Waals surface area contributed by atoms with Crippen molar-refractivity contribution in [3.8, 4) is 0 Å². The van der Waals surface area contributed by atoms with Crippen molar-refractivity contribution in [2.75, 3.05) is 12.0 Å². The molecule has 2 unspecified atom stereocenters. The second-order valence-corrected chi connectivity index (χ2v) is 6.14. The van der Waals surface area contributed by atoms with Crippen LogP contribution in [0.4, 0.5) is 16.2 Å². The lowest BCUT2D eigenvalue weighted by Crippen LogP contribution is -2.42. The minimum atomic E-state index is -0.767. The fourth-order valence-electron chi connectivity index (χ4n) is 3.15. The highest BCUT2D eigenvalue weighted by atomic mass is 16.5. The summed E-state index contributed by atoms with van der Waals surface area (Å²) in [4.78, 5) is 18.3. The average Bonchev–Trinajstić information content (AvgIpc) is 2.65. The van der Waals surface area contributed by atoms with E-state index in [4.69, 9.17) is 4.74 Å². The molecule has 5 nitrogen and oxygen atoms in total. The molecule has 0 aromatic heterocycles. The number of aliphatic imine (C=N–C) groups is 1. The van der Waals surface area contributed by atoms with Gasteiger partial charge in [0.1, 0.15) is 6.10 Å². The summed E-state index contributed by atoms with van der Waals surface area (Å²) in [6.07, 6.45) is 2.08. The molecule has 0 spiro atoms. The van der Waals surface area contributed by atoms with Crippen LogP contribution in [0, 0.1) is 0 Å². The standard InChI is InChI=1S/C20H22N2O3/c1-14-11-12-16-17(9-6-10-18(16)22(14)20(24)25-2)21-13-19(23)15-7-4-3-5-8-15/h3-10,13-14,19,23H,11-12H2,1-2H3. The highest BCUT2D eigenvalue weighted by Gasteiger charge is 2.30. The van der Waals surface area contributed by atoms with Gasteiger partial charge in [0, 0.05) is 17.8 Å². The summed E-state index contributed by atoms with van der Waals surface area (Å²) in [6, 6.07) is 15.1. The van der Waals surface area contributed by atoms with Crippen LogP contribution < -0.4 is 4.90 Å². The van der Waals surface area contributed by atoms with Crippen LogP contribution in [0.2, 0.25) is 0 Å². The monoisotopic (exact) mass is 338 g/mol. The van der Waals surface area contributed by atoms with Gasteiger partial charge >= 0.3 is 6.09 Å². The molecule has 25 heavy (non-hydrogen) atoms. The summed E-state index contributed by atoms with van der Waals surface area (Å²) in [5.41, 5.74) is 3.39. The van der Waals surface area contributed by atoms with Crippen molar-refractivity contribution < 1.29 is 14.6 Å². The van der Waals surface area contributed by atoms with Gasteiger partial charge in [-0.05, 0) is 37.5 Å². The van der Waals surface area contributed by atoms with E-state index in [0.29, 0.717) is 0 Å². The van der Waals surface area contributed by atoms with Gasteiger partial charge in [0.15, 0.2) is 0 Å². The maximum atomic E-state index is 12.1. The van der Waals surface area contributed by atoms with Crippen LogP contribution in [0.3, 0.4) is 0 Å². The first kappa shape index (κ1) is 17.2. The van der Waals surface area contributed by atoms with Crippen molar-refractivity contribution in [3.05, 3.63) is 59.7 Å². The zero-order chi connectivity index (χ0) is 17.8. The maximum Gasteiger partial charge on any atom is 0.414 e. The molecule has 0 saturated heterocycles. The van der Waals surface area contributed by atoms with Crippen LogP contribution in [0.1, 0.15) is 30.6 Å². The number of rotatable bonds is 3. The number of carbonyl (C=O) groups is 1. The van der Waals surface area contributed by atoms with E-state index in [2.05, 4.69) is 4.99 Å².